The predicted molar refractivity (Wildman–Crippen MR) is 248 cm³/mol. The topological polar surface area (TPSA) is 111 Å². The van der Waals surface area contributed by atoms with Gasteiger partial charge in [-0.25, -0.2) is 0 Å². The lowest BCUT2D eigenvalue weighted by Crippen LogP contribution is -2.46. The van der Waals surface area contributed by atoms with Crippen molar-refractivity contribution in [3.63, 3.8) is 0 Å². The van der Waals surface area contributed by atoms with E-state index in [9.17, 15) is 27.6 Å². The quantitative estimate of drug-likeness (QED) is 0.0711. The number of benzene rings is 3. The lowest BCUT2D eigenvalue weighted by molar-refractivity contribution is -0.107. The third-order valence-electron chi connectivity index (χ3n) is 12.1. The highest BCUT2D eigenvalue weighted by molar-refractivity contribution is 5.94. The van der Waals surface area contributed by atoms with Gasteiger partial charge in [0.15, 0.2) is 0 Å². The minimum atomic E-state index is -4.67. The van der Waals surface area contributed by atoms with E-state index < -0.39 is 11.7 Å². The van der Waals surface area contributed by atoms with E-state index in [1.165, 1.54) is 22.1 Å². The van der Waals surface area contributed by atoms with Crippen molar-refractivity contribution in [3.8, 4) is 0 Å². The number of anilines is 2. The molecule has 2 amide bonds. The molecule has 3 aliphatic rings. The van der Waals surface area contributed by atoms with E-state index in [0.29, 0.717) is 80.8 Å². The summed E-state index contributed by atoms with van der Waals surface area (Å²) in [5.74, 6) is -0.0544. The van der Waals surface area contributed by atoms with Gasteiger partial charge in [-0.3, -0.25) is 29.1 Å². The smallest absolute Gasteiger partial charge is 0.369 e. The second-order valence-corrected chi connectivity index (χ2v) is 16.6. The average molecular weight is 881 g/mol. The molecule has 0 saturated carbocycles. The fourth-order valence-electron chi connectivity index (χ4n) is 8.45. The molecule has 2 fully saturated rings. The number of amides is 2. The molecule has 3 heterocycles. The highest BCUT2D eigenvalue weighted by Crippen LogP contribution is 2.37. The number of hydrogen-bond acceptors (Lipinski definition) is 10. The molecule has 0 unspecified atom stereocenters. The summed E-state index contributed by atoms with van der Waals surface area (Å²) in [5, 5.41) is 10.3. The Morgan fingerprint density at radius 3 is 2.30 bits per heavy atom. The Morgan fingerprint density at radius 2 is 1.64 bits per heavy atom. The summed E-state index contributed by atoms with van der Waals surface area (Å²) >= 11 is 0. The van der Waals surface area contributed by atoms with Gasteiger partial charge in [-0.05, 0) is 97.1 Å². The maximum Gasteiger partial charge on any atom is 0.418 e. The molecule has 2 saturated heterocycles. The molecule has 0 atom stereocenters. The number of halogens is 3. The van der Waals surface area contributed by atoms with E-state index >= 15 is 0 Å². The number of alkyl halides is 3. The molecule has 0 spiro atoms. The van der Waals surface area contributed by atoms with Crippen LogP contribution in [0.5, 0.6) is 0 Å². The van der Waals surface area contributed by atoms with Gasteiger partial charge in [-0.15, -0.1) is 5.10 Å². The molecule has 3 aromatic rings. The summed E-state index contributed by atoms with van der Waals surface area (Å²) in [6.07, 6.45) is 4.35. The average Bonchev–Trinajstić information content (AvgIpc) is 3.30. The van der Waals surface area contributed by atoms with E-state index in [1.54, 1.807) is 42.7 Å². The summed E-state index contributed by atoms with van der Waals surface area (Å²) in [6.45, 7) is 10.4. The number of likely N-dealkylation sites (N-methyl/N-ethyl adjacent to an activating group) is 2. The lowest BCUT2D eigenvalue weighted by Gasteiger charge is -2.38. The second-order valence-electron chi connectivity index (χ2n) is 16.6. The van der Waals surface area contributed by atoms with E-state index in [1.807, 2.05) is 68.5 Å². The van der Waals surface area contributed by atoms with Crippen LogP contribution >= 0.6 is 0 Å². The van der Waals surface area contributed by atoms with Crippen molar-refractivity contribution >= 4 is 43.0 Å². The first-order valence-corrected chi connectivity index (χ1v) is 21.5. The molecule has 1 N–H and O–H groups in total. The Labute approximate surface area is 374 Å². The zero-order valence-corrected chi connectivity index (χ0v) is 37.2. The number of nitrogens with one attached hydrogen (secondary N) is 1. The van der Waals surface area contributed by atoms with E-state index in [2.05, 4.69) is 43.0 Å². The molecule has 3 aliphatic heterocycles. The van der Waals surface area contributed by atoms with Gasteiger partial charge in [-0.2, -0.15) is 18.3 Å². The molecule has 13 nitrogen and oxygen atoms in total. The number of hydrogen-bond donors (Lipinski definition) is 1. The Kier molecular flexibility index (Phi) is 16.3. The highest BCUT2D eigenvalue weighted by Gasteiger charge is 2.39. The van der Waals surface area contributed by atoms with Crippen molar-refractivity contribution in [2.45, 2.75) is 44.6 Å². The minimum absolute atomic E-state index is 0.000332. The molecule has 0 radical (unpaired) electrons. The van der Waals surface area contributed by atoms with Gasteiger partial charge in [-0.1, -0.05) is 24.3 Å². The predicted octanol–water partition coefficient (Wildman–Crippen LogP) is 6.02. The largest absolute Gasteiger partial charge is 0.418 e. The fourth-order valence-corrected chi connectivity index (χ4v) is 8.45. The first-order chi connectivity index (χ1) is 30.8. The van der Waals surface area contributed by atoms with Gasteiger partial charge < -0.3 is 24.9 Å². The van der Waals surface area contributed by atoms with Gasteiger partial charge in [0.25, 0.3) is 5.91 Å². The van der Waals surface area contributed by atoms with Crippen LogP contribution in [0.1, 0.15) is 50.2 Å². The summed E-state index contributed by atoms with van der Waals surface area (Å²) in [6, 6.07) is 20.9. The van der Waals surface area contributed by atoms with Crippen molar-refractivity contribution in [1.82, 2.24) is 29.8 Å². The Bertz CT molecular complexity index is 2230. The number of aldehydes is 1. The highest BCUT2D eigenvalue weighted by atomic mass is 19.4. The van der Waals surface area contributed by atoms with Gasteiger partial charge >= 0.3 is 6.18 Å². The molecule has 16 heteroatoms. The molecule has 0 aliphatic carbocycles. The second kappa shape index (κ2) is 22.0. The number of carbonyl (C=O) groups excluding carboxylic acids is 3. The van der Waals surface area contributed by atoms with Gasteiger partial charge in [0.1, 0.15) is 12.6 Å². The molecule has 6 rings (SSSR count). The maximum absolute atomic E-state index is 14.6. The third kappa shape index (κ3) is 12.3. The molecule has 0 bridgehead atoms. The summed E-state index contributed by atoms with van der Waals surface area (Å²) < 4.78 is 43.9. The van der Waals surface area contributed by atoms with E-state index in [-0.39, 0.29) is 17.6 Å². The lowest BCUT2D eigenvalue weighted by atomic mass is 10.00. The Hall–Kier alpha value is -6.10. The first-order valence-electron chi connectivity index (χ1n) is 21.5. The van der Waals surface area contributed by atoms with Crippen LogP contribution < -0.4 is 15.1 Å². The monoisotopic (exact) mass is 880 g/mol. The van der Waals surface area contributed by atoms with Crippen LogP contribution in [0.4, 0.5) is 24.5 Å². The first kappa shape index (κ1) is 47.4. The SMILES string of the molecule is C=N/N=C\N(C)CCc1cccc(N(C=O)/C=C2/C(C(F)(F)F)=CC(CN3CCC(N(C)C(=O)c4ccc(CN5CCN(c6ccc(C=O)c(CNC)c6)CC5)cc4)CC3)=CN2C)c1. The zero-order chi connectivity index (χ0) is 45.8. The summed E-state index contributed by atoms with van der Waals surface area (Å²) in [4.78, 5) is 50.4. The molecule has 64 heavy (non-hydrogen) atoms. The number of allylic oxidation sites excluding steroid dienone is 1. The Morgan fingerprint density at radius 1 is 0.922 bits per heavy atom. The van der Waals surface area contributed by atoms with Crippen molar-refractivity contribution in [2.24, 2.45) is 10.2 Å². The molecular formula is C48H59F3N10O3. The standard InChI is InChI=1S/C48H59F3N10O3/c1-52-28-41-27-44(14-13-40(41)33-62)60-23-21-59(22-24-60)30-37-9-11-39(12-10-37)47(64)57(5)42-16-19-58(20-17-42)31-38-26-45(48(49,50)51)46(56(4)29-38)32-61(35-63)43-8-6-7-36(25-43)15-18-55(3)34-54-53-2/h6-14,25-27,29,32-35,42,52H,2,15-24,28,30-31H2,1,3-5H3/b46-32-,54-34-. The number of nitrogens with zero attached hydrogens (tertiary/aromatic N) is 9. The van der Waals surface area contributed by atoms with Gasteiger partial charge in [0, 0.05) is 134 Å². The molecule has 0 aromatic heterocycles. The summed E-state index contributed by atoms with van der Waals surface area (Å²) in [5.41, 5.74) is 5.43. The van der Waals surface area contributed by atoms with E-state index in [4.69, 9.17) is 0 Å². The van der Waals surface area contributed by atoms with Crippen LogP contribution in [0.3, 0.4) is 0 Å². The van der Waals surface area contributed by atoms with Gasteiger partial charge in [0.2, 0.25) is 6.41 Å². The Balaban J connectivity index is 0.997. The maximum atomic E-state index is 14.6. The minimum Gasteiger partial charge on any atom is -0.369 e. The van der Waals surface area contributed by atoms with Gasteiger partial charge in [0.05, 0.1) is 11.3 Å². The van der Waals surface area contributed by atoms with Crippen LogP contribution in [-0.2, 0) is 24.3 Å². The van der Waals surface area contributed by atoms with Crippen molar-refractivity contribution in [2.75, 3.05) is 90.3 Å². The van der Waals surface area contributed by atoms with Crippen LogP contribution in [0.2, 0.25) is 0 Å². The normalized spacial score (nSPS) is 17.3. The van der Waals surface area contributed by atoms with Crippen LogP contribution in [-0.4, -0.2) is 149 Å². The number of carbonyl (C=O) groups is 3. The van der Waals surface area contributed by atoms with Crippen LogP contribution in [0, 0.1) is 0 Å². The van der Waals surface area contributed by atoms with E-state index in [0.717, 1.165) is 61.4 Å². The third-order valence-corrected chi connectivity index (χ3v) is 12.1. The number of likely N-dealkylation sites (tertiary alicyclic amines) is 1. The number of piperidine rings is 1. The summed E-state index contributed by atoms with van der Waals surface area (Å²) in [7, 11) is 7.09. The fraction of sp³-hybridized carbons (Fsp3) is 0.396. The van der Waals surface area contributed by atoms with Crippen molar-refractivity contribution in [1.29, 1.82) is 0 Å². The van der Waals surface area contributed by atoms with Crippen LogP contribution in [0.25, 0.3) is 0 Å². The zero-order valence-electron chi connectivity index (χ0n) is 37.2. The van der Waals surface area contributed by atoms with Crippen molar-refractivity contribution in [3.05, 3.63) is 130 Å². The molecule has 340 valence electrons. The van der Waals surface area contributed by atoms with Crippen LogP contribution in [0.15, 0.2) is 112 Å². The molecular weight excluding hydrogens is 822 g/mol. The number of rotatable bonds is 18. The molecule has 3 aromatic carbocycles. The number of piperazine rings is 1. The van der Waals surface area contributed by atoms with Crippen molar-refractivity contribution < 1.29 is 27.6 Å².